The van der Waals surface area contributed by atoms with Crippen LogP contribution in [0.25, 0.3) is 5.57 Å². The third-order valence-electron chi connectivity index (χ3n) is 12.3. The van der Waals surface area contributed by atoms with Crippen molar-refractivity contribution >= 4 is 40.4 Å². The van der Waals surface area contributed by atoms with Gasteiger partial charge >= 0.3 is 0 Å². The number of carbonyl (C=O) groups excluding carboxylic acids is 5. The molecule has 8 heteroatoms. The minimum absolute atomic E-state index is 0.122. The van der Waals surface area contributed by atoms with Gasteiger partial charge in [0.25, 0.3) is 0 Å². The molecule has 3 aliphatic carbocycles. The number of Topliss-reactive ketones (excluding diaryl/α,β-unsaturated/α-hetero) is 1. The molecule has 0 spiro atoms. The standard InChI is InChI=1S/C48H37NO7/c1-56-40-24-19-31(25-39(40)50)43-34-22-23-35-42(47(55)49(46(35)54)33-20-17-30(18-21-33)44(52)29-13-7-3-8-14-29)37(34)26-38-45(53)36(28-11-5-2-6-12-28)27-41(51)48(38,43)32-15-9-4-10-16-32/h2-22,24-25,27,35,37-38,42-43,50H,23,26H2,1H3. The van der Waals surface area contributed by atoms with E-state index < -0.39 is 35.0 Å². The van der Waals surface area contributed by atoms with Crippen LogP contribution in [0.4, 0.5) is 5.69 Å². The molecule has 8 nitrogen and oxygen atoms in total. The fourth-order valence-electron chi connectivity index (χ4n) is 9.91. The highest BCUT2D eigenvalue weighted by atomic mass is 16.5. The van der Waals surface area contributed by atoms with E-state index in [1.165, 1.54) is 18.1 Å². The van der Waals surface area contributed by atoms with E-state index in [9.17, 15) is 19.5 Å². The van der Waals surface area contributed by atoms with Crippen molar-refractivity contribution in [3.05, 3.63) is 179 Å². The predicted octanol–water partition coefficient (Wildman–Crippen LogP) is 7.66. The van der Waals surface area contributed by atoms with Gasteiger partial charge in [0, 0.05) is 28.5 Å². The number of carbonyl (C=O) groups is 5. The number of phenols is 1. The maximum Gasteiger partial charge on any atom is 0.238 e. The minimum Gasteiger partial charge on any atom is -0.504 e. The number of allylic oxidation sites excluding steroid dienone is 4. The molecule has 9 rings (SSSR count). The van der Waals surface area contributed by atoms with Crippen LogP contribution in [0, 0.1) is 23.7 Å². The fraction of sp³-hybridized carbons (Fsp3) is 0.188. The number of anilines is 1. The van der Waals surface area contributed by atoms with Crippen molar-refractivity contribution in [3.8, 4) is 11.5 Å². The van der Waals surface area contributed by atoms with Gasteiger partial charge in [-0.1, -0.05) is 109 Å². The van der Waals surface area contributed by atoms with Crippen LogP contribution in [0.3, 0.4) is 0 Å². The first-order valence-corrected chi connectivity index (χ1v) is 18.8. The summed E-state index contributed by atoms with van der Waals surface area (Å²) in [5.41, 5.74) is 2.89. The lowest BCUT2D eigenvalue weighted by Gasteiger charge is -2.55. The van der Waals surface area contributed by atoms with Crippen LogP contribution < -0.4 is 9.64 Å². The molecule has 6 unspecified atom stereocenters. The number of phenolic OH excluding ortho intramolecular Hbond substituents is 1. The number of benzene rings is 5. The number of fused-ring (bicyclic) bond motifs is 4. The molecule has 4 aliphatic rings. The molecular weight excluding hydrogens is 703 g/mol. The Kier molecular flexibility index (Phi) is 8.49. The number of hydrogen-bond acceptors (Lipinski definition) is 7. The average molecular weight is 740 g/mol. The number of aromatic hydroxyl groups is 1. The second-order valence-electron chi connectivity index (χ2n) is 15.0. The SMILES string of the molecule is COc1ccc(C2C3=CCC4C(=O)N(c5ccc(C(=O)c6ccccc6)cc5)C(=O)C4C3CC3C(=O)C(c4ccccc4)=CC(=O)C32c2ccccc2)cc1O. The lowest BCUT2D eigenvalue weighted by Crippen LogP contribution is -2.58. The van der Waals surface area contributed by atoms with Gasteiger partial charge in [0.05, 0.1) is 30.0 Å². The number of hydrogen-bond donors (Lipinski definition) is 1. The smallest absolute Gasteiger partial charge is 0.238 e. The van der Waals surface area contributed by atoms with Crippen molar-refractivity contribution in [2.75, 3.05) is 12.0 Å². The summed E-state index contributed by atoms with van der Waals surface area (Å²) in [7, 11) is 1.46. The van der Waals surface area contributed by atoms with Crippen LogP contribution in [-0.4, -0.2) is 41.4 Å². The molecule has 276 valence electrons. The average Bonchev–Trinajstić information content (AvgIpc) is 3.50. The second kappa shape index (κ2) is 13.6. The maximum absolute atomic E-state index is 15.2. The number of imide groups is 1. The van der Waals surface area contributed by atoms with Crippen molar-refractivity contribution in [2.45, 2.75) is 24.2 Å². The Balaban J connectivity index is 1.18. The summed E-state index contributed by atoms with van der Waals surface area (Å²) in [5, 5.41) is 11.1. The molecule has 2 fully saturated rings. The molecule has 0 radical (unpaired) electrons. The first-order valence-electron chi connectivity index (χ1n) is 18.8. The Bertz CT molecular complexity index is 2490. The fourth-order valence-corrected chi connectivity index (χ4v) is 9.91. The highest BCUT2D eigenvalue weighted by molar-refractivity contribution is 6.32. The van der Waals surface area contributed by atoms with Gasteiger partial charge in [-0.15, -0.1) is 0 Å². The van der Waals surface area contributed by atoms with Crippen LogP contribution >= 0.6 is 0 Å². The summed E-state index contributed by atoms with van der Waals surface area (Å²) in [5.74, 6) is -4.95. The number of ketones is 3. The highest BCUT2D eigenvalue weighted by Gasteiger charge is 2.66. The van der Waals surface area contributed by atoms with E-state index in [4.69, 9.17) is 4.74 Å². The zero-order chi connectivity index (χ0) is 38.7. The third kappa shape index (κ3) is 5.23. The normalized spacial score (nSPS) is 25.4. The quantitative estimate of drug-likeness (QED) is 0.104. The van der Waals surface area contributed by atoms with E-state index in [0.29, 0.717) is 39.1 Å². The number of amides is 2. The summed E-state index contributed by atoms with van der Waals surface area (Å²) in [6, 6.07) is 38.9. The molecule has 0 bridgehead atoms. The zero-order valence-corrected chi connectivity index (χ0v) is 30.5. The molecule has 0 aromatic heterocycles. The molecule has 5 aromatic carbocycles. The molecule has 6 atom stereocenters. The predicted molar refractivity (Wildman–Crippen MR) is 210 cm³/mol. The molecule has 1 saturated carbocycles. The third-order valence-corrected chi connectivity index (χ3v) is 12.3. The zero-order valence-electron chi connectivity index (χ0n) is 30.5. The molecule has 1 N–H and O–H groups in total. The molecule has 1 heterocycles. The van der Waals surface area contributed by atoms with Crippen molar-refractivity contribution in [3.63, 3.8) is 0 Å². The summed E-state index contributed by atoms with van der Waals surface area (Å²) in [4.78, 5) is 73.7. The lowest BCUT2D eigenvalue weighted by molar-refractivity contribution is -0.135. The Labute approximate surface area is 323 Å². The van der Waals surface area contributed by atoms with E-state index in [1.54, 1.807) is 66.7 Å². The minimum atomic E-state index is -1.42. The lowest BCUT2D eigenvalue weighted by atomic mass is 9.44. The van der Waals surface area contributed by atoms with Gasteiger partial charge in [0.2, 0.25) is 11.8 Å². The summed E-state index contributed by atoms with van der Waals surface area (Å²) in [6.07, 6.45) is 3.88. The topological polar surface area (TPSA) is 118 Å². The molecule has 56 heavy (non-hydrogen) atoms. The van der Waals surface area contributed by atoms with Gasteiger partial charge in [-0.25, -0.2) is 0 Å². The molecule has 5 aromatic rings. The first kappa shape index (κ1) is 35.1. The van der Waals surface area contributed by atoms with E-state index >= 15 is 9.59 Å². The molecule has 2 amide bonds. The maximum atomic E-state index is 15.2. The van der Waals surface area contributed by atoms with Crippen molar-refractivity contribution in [2.24, 2.45) is 23.7 Å². The first-order chi connectivity index (χ1) is 27.2. The van der Waals surface area contributed by atoms with Crippen LogP contribution in [0.2, 0.25) is 0 Å². The van der Waals surface area contributed by atoms with E-state index in [0.717, 1.165) is 5.57 Å². The highest BCUT2D eigenvalue weighted by Crippen LogP contribution is 2.64. The van der Waals surface area contributed by atoms with Crippen molar-refractivity contribution < 1.29 is 33.8 Å². The van der Waals surface area contributed by atoms with Crippen LogP contribution in [0.15, 0.2) is 151 Å². The molecule has 1 saturated heterocycles. The molecular formula is C48H37NO7. The van der Waals surface area contributed by atoms with Crippen molar-refractivity contribution in [1.29, 1.82) is 0 Å². The summed E-state index contributed by atoms with van der Waals surface area (Å²) >= 11 is 0. The van der Waals surface area contributed by atoms with Gasteiger partial charge < -0.3 is 9.84 Å². The Morgan fingerprint density at radius 2 is 1.39 bits per heavy atom. The van der Waals surface area contributed by atoms with E-state index in [2.05, 4.69) is 0 Å². The number of nitrogens with zero attached hydrogens (tertiary/aromatic N) is 1. The number of rotatable bonds is 7. The van der Waals surface area contributed by atoms with Gasteiger partial charge in [-0.3, -0.25) is 28.9 Å². The summed E-state index contributed by atoms with van der Waals surface area (Å²) in [6.45, 7) is 0. The van der Waals surface area contributed by atoms with Gasteiger partial charge in [-0.05, 0) is 77.9 Å². The van der Waals surface area contributed by atoms with Crippen LogP contribution in [0.5, 0.6) is 11.5 Å². The molecule has 1 aliphatic heterocycles. The largest absolute Gasteiger partial charge is 0.504 e. The van der Waals surface area contributed by atoms with Gasteiger partial charge in [0.1, 0.15) is 0 Å². The van der Waals surface area contributed by atoms with Crippen molar-refractivity contribution in [1.82, 2.24) is 0 Å². The summed E-state index contributed by atoms with van der Waals surface area (Å²) < 4.78 is 5.39. The number of ether oxygens (including phenoxy) is 1. The Morgan fingerprint density at radius 3 is 2.05 bits per heavy atom. The van der Waals surface area contributed by atoms with Gasteiger partial charge in [-0.2, -0.15) is 0 Å². The van der Waals surface area contributed by atoms with Gasteiger partial charge in [0.15, 0.2) is 28.8 Å². The van der Waals surface area contributed by atoms with E-state index in [1.807, 2.05) is 72.8 Å². The number of methoxy groups -OCH3 is 1. The van der Waals surface area contributed by atoms with E-state index in [-0.39, 0.29) is 53.5 Å². The van der Waals surface area contributed by atoms with Crippen LogP contribution in [-0.2, 0) is 24.6 Å². The Hall–Kier alpha value is -6.67. The second-order valence-corrected chi connectivity index (χ2v) is 15.0. The van der Waals surface area contributed by atoms with Crippen LogP contribution in [0.1, 0.15) is 51.4 Å². The monoisotopic (exact) mass is 739 g/mol. The Morgan fingerprint density at radius 1 is 0.750 bits per heavy atom.